The zero-order chi connectivity index (χ0) is 16.5. The number of nitrogens with zero attached hydrogens (tertiary/aromatic N) is 2. The third-order valence-corrected chi connectivity index (χ3v) is 5.08. The Morgan fingerprint density at radius 1 is 1.12 bits per heavy atom. The number of rotatable bonds is 2. The third-order valence-electron chi connectivity index (χ3n) is 5.08. The first-order chi connectivity index (χ1) is 11.7. The van der Waals surface area contributed by atoms with E-state index in [1.165, 1.54) is 11.1 Å². The van der Waals surface area contributed by atoms with Gasteiger partial charge in [-0.1, -0.05) is 24.3 Å². The molecule has 4 heteroatoms. The van der Waals surface area contributed by atoms with Crippen LogP contribution in [-0.4, -0.2) is 10.9 Å². The highest BCUT2D eigenvalue weighted by molar-refractivity contribution is 5.93. The van der Waals surface area contributed by atoms with E-state index in [2.05, 4.69) is 28.5 Å². The van der Waals surface area contributed by atoms with Crippen LogP contribution in [0.3, 0.4) is 0 Å². The molecule has 0 spiro atoms. The van der Waals surface area contributed by atoms with Crippen LogP contribution in [0.4, 0.5) is 5.82 Å². The SMILES string of the molecule is N#Cc1cc2c(nc1NC(=O)C1Cc3ccccc3C1)CCCC2. The van der Waals surface area contributed by atoms with Gasteiger partial charge in [-0.2, -0.15) is 5.26 Å². The average Bonchev–Trinajstić information content (AvgIpc) is 3.05. The summed E-state index contributed by atoms with van der Waals surface area (Å²) < 4.78 is 0. The number of nitriles is 1. The molecule has 0 unspecified atom stereocenters. The molecule has 1 heterocycles. The number of carbonyl (C=O) groups is 1. The predicted molar refractivity (Wildman–Crippen MR) is 91.6 cm³/mol. The summed E-state index contributed by atoms with van der Waals surface area (Å²) in [6.45, 7) is 0. The van der Waals surface area contributed by atoms with Crippen LogP contribution in [0.15, 0.2) is 30.3 Å². The van der Waals surface area contributed by atoms with Crippen molar-refractivity contribution in [3.63, 3.8) is 0 Å². The fourth-order valence-corrected chi connectivity index (χ4v) is 3.78. The van der Waals surface area contributed by atoms with E-state index in [9.17, 15) is 10.1 Å². The second-order valence-corrected chi connectivity index (χ2v) is 6.67. The van der Waals surface area contributed by atoms with E-state index in [1.807, 2.05) is 18.2 Å². The van der Waals surface area contributed by atoms with E-state index in [4.69, 9.17) is 0 Å². The number of amides is 1. The molecule has 0 atom stereocenters. The molecule has 0 aliphatic heterocycles. The van der Waals surface area contributed by atoms with Crippen molar-refractivity contribution >= 4 is 11.7 Å². The maximum absolute atomic E-state index is 12.7. The van der Waals surface area contributed by atoms with Crippen molar-refractivity contribution < 1.29 is 4.79 Å². The van der Waals surface area contributed by atoms with E-state index in [0.29, 0.717) is 11.4 Å². The van der Waals surface area contributed by atoms with Crippen LogP contribution in [0.2, 0.25) is 0 Å². The van der Waals surface area contributed by atoms with Crippen LogP contribution >= 0.6 is 0 Å². The monoisotopic (exact) mass is 317 g/mol. The molecule has 0 radical (unpaired) electrons. The Hall–Kier alpha value is -2.67. The van der Waals surface area contributed by atoms with Gasteiger partial charge in [0.05, 0.1) is 5.56 Å². The number of fused-ring (bicyclic) bond motifs is 2. The highest BCUT2D eigenvalue weighted by Crippen LogP contribution is 2.29. The van der Waals surface area contributed by atoms with E-state index in [1.54, 1.807) is 0 Å². The average molecular weight is 317 g/mol. The molecule has 2 aliphatic rings. The number of nitrogens with one attached hydrogen (secondary N) is 1. The van der Waals surface area contributed by atoms with Gasteiger partial charge in [0.2, 0.25) is 5.91 Å². The fourth-order valence-electron chi connectivity index (χ4n) is 3.78. The van der Waals surface area contributed by atoms with E-state index in [-0.39, 0.29) is 11.8 Å². The molecule has 0 saturated carbocycles. The first-order valence-electron chi connectivity index (χ1n) is 8.55. The first kappa shape index (κ1) is 14.9. The minimum absolute atomic E-state index is 0.0361. The molecule has 1 aromatic carbocycles. The van der Waals surface area contributed by atoms with Crippen molar-refractivity contribution in [2.75, 3.05) is 5.32 Å². The molecule has 2 aromatic rings. The van der Waals surface area contributed by atoms with Crippen LogP contribution in [0.1, 0.15) is 40.8 Å². The second kappa shape index (κ2) is 6.09. The van der Waals surface area contributed by atoms with Crippen LogP contribution < -0.4 is 5.32 Å². The van der Waals surface area contributed by atoms with Gasteiger partial charge in [0.1, 0.15) is 6.07 Å². The van der Waals surface area contributed by atoms with E-state index in [0.717, 1.165) is 49.8 Å². The normalized spacial score (nSPS) is 16.1. The van der Waals surface area contributed by atoms with Crippen LogP contribution in [0.5, 0.6) is 0 Å². The van der Waals surface area contributed by atoms with Gasteiger partial charge in [0.15, 0.2) is 5.82 Å². The van der Waals surface area contributed by atoms with Crippen LogP contribution in [0.25, 0.3) is 0 Å². The summed E-state index contributed by atoms with van der Waals surface area (Å²) in [5.74, 6) is 0.317. The first-order valence-corrected chi connectivity index (χ1v) is 8.55. The number of pyridine rings is 1. The van der Waals surface area contributed by atoms with Gasteiger partial charge in [-0.3, -0.25) is 4.79 Å². The van der Waals surface area contributed by atoms with Gasteiger partial charge >= 0.3 is 0 Å². The molecule has 0 bridgehead atoms. The van der Waals surface area contributed by atoms with Crippen molar-refractivity contribution in [1.82, 2.24) is 4.98 Å². The Kier molecular flexibility index (Phi) is 3.78. The maximum atomic E-state index is 12.7. The van der Waals surface area contributed by atoms with Gasteiger partial charge in [-0.25, -0.2) is 4.98 Å². The summed E-state index contributed by atoms with van der Waals surface area (Å²) >= 11 is 0. The Labute approximate surface area is 141 Å². The standard InChI is InChI=1S/C20H19N3O/c21-12-17-11-15-7-3-4-8-18(15)22-19(17)23-20(24)16-9-13-5-1-2-6-14(13)10-16/h1-2,5-6,11,16H,3-4,7-10H2,(H,22,23,24). The zero-order valence-corrected chi connectivity index (χ0v) is 13.5. The summed E-state index contributed by atoms with van der Waals surface area (Å²) in [6.07, 6.45) is 5.69. The Balaban J connectivity index is 1.55. The molecular weight excluding hydrogens is 298 g/mol. The van der Waals surface area contributed by atoms with Gasteiger partial charge in [-0.15, -0.1) is 0 Å². The zero-order valence-electron chi connectivity index (χ0n) is 13.5. The Bertz CT molecular complexity index is 825. The third kappa shape index (κ3) is 2.67. The van der Waals surface area contributed by atoms with Gasteiger partial charge < -0.3 is 5.32 Å². The fraction of sp³-hybridized carbons (Fsp3) is 0.350. The molecule has 1 amide bonds. The maximum Gasteiger partial charge on any atom is 0.229 e. The lowest BCUT2D eigenvalue weighted by Crippen LogP contribution is -2.25. The van der Waals surface area contributed by atoms with Gasteiger partial charge in [0, 0.05) is 11.6 Å². The highest BCUT2D eigenvalue weighted by atomic mass is 16.1. The van der Waals surface area contributed by atoms with Gasteiger partial charge in [-0.05, 0) is 61.3 Å². The predicted octanol–water partition coefficient (Wildman–Crippen LogP) is 3.19. The number of aryl methyl sites for hydroxylation is 2. The van der Waals surface area contributed by atoms with Crippen molar-refractivity contribution in [3.8, 4) is 6.07 Å². The lowest BCUT2D eigenvalue weighted by atomic mass is 9.95. The number of aromatic nitrogens is 1. The lowest BCUT2D eigenvalue weighted by molar-refractivity contribution is -0.119. The number of hydrogen-bond acceptors (Lipinski definition) is 3. The van der Waals surface area contributed by atoms with E-state index < -0.39 is 0 Å². The number of hydrogen-bond donors (Lipinski definition) is 1. The molecule has 1 N–H and O–H groups in total. The van der Waals surface area contributed by atoms with Crippen molar-refractivity contribution in [1.29, 1.82) is 5.26 Å². The van der Waals surface area contributed by atoms with Crippen molar-refractivity contribution in [3.05, 3.63) is 58.3 Å². The summed E-state index contributed by atoms with van der Waals surface area (Å²) in [4.78, 5) is 17.2. The molecule has 2 aliphatic carbocycles. The quantitative estimate of drug-likeness (QED) is 0.925. The summed E-state index contributed by atoms with van der Waals surface area (Å²) in [5, 5.41) is 12.3. The Morgan fingerprint density at radius 3 is 2.54 bits per heavy atom. The molecule has 4 nitrogen and oxygen atoms in total. The van der Waals surface area contributed by atoms with Crippen LogP contribution in [0, 0.1) is 17.2 Å². The smallest absolute Gasteiger partial charge is 0.229 e. The molecule has 4 rings (SSSR count). The minimum Gasteiger partial charge on any atom is -0.309 e. The Morgan fingerprint density at radius 2 is 1.83 bits per heavy atom. The van der Waals surface area contributed by atoms with Gasteiger partial charge in [0.25, 0.3) is 0 Å². The number of benzene rings is 1. The molecule has 1 aromatic heterocycles. The molecule has 24 heavy (non-hydrogen) atoms. The highest BCUT2D eigenvalue weighted by Gasteiger charge is 2.28. The molecule has 0 saturated heterocycles. The lowest BCUT2D eigenvalue weighted by Gasteiger charge is -2.18. The minimum atomic E-state index is -0.0771. The molecular formula is C20H19N3O. The largest absolute Gasteiger partial charge is 0.309 e. The summed E-state index contributed by atoms with van der Waals surface area (Å²) in [6, 6.07) is 12.3. The second-order valence-electron chi connectivity index (χ2n) is 6.67. The van der Waals surface area contributed by atoms with Crippen molar-refractivity contribution in [2.24, 2.45) is 5.92 Å². The van der Waals surface area contributed by atoms with Crippen LogP contribution in [-0.2, 0) is 30.5 Å². The molecule has 120 valence electrons. The topological polar surface area (TPSA) is 65.8 Å². The number of carbonyl (C=O) groups excluding carboxylic acids is 1. The van der Waals surface area contributed by atoms with Crippen molar-refractivity contribution in [2.45, 2.75) is 38.5 Å². The number of anilines is 1. The van der Waals surface area contributed by atoms with E-state index >= 15 is 0 Å². The summed E-state index contributed by atoms with van der Waals surface area (Å²) in [5.41, 5.74) is 5.15. The molecule has 0 fully saturated rings. The summed E-state index contributed by atoms with van der Waals surface area (Å²) in [7, 11) is 0.